The van der Waals surface area contributed by atoms with Crippen molar-refractivity contribution in [1.82, 2.24) is 10.2 Å². The zero-order valence-electron chi connectivity index (χ0n) is 10.9. The van der Waals surface area contributed by atoms with Gasteiger partial charge in [0.1, 0.15) is 0 Å². The molecule has 0 saturated carbocycles. The van der Waals surface area contributed by atoms with Gasteiger partial charge in [-0.1, -0.05) is 12.1 Å². The summed E-state index contributed by atoms with van der Waals surface area (Å²) in [5, 5.41) is 2.95. The van der Waals surface area contributed by atoms with E-state index < -0.39 is 0 Å². The summed E-state index contributed by atoms with van der Waals surface area (Å²) >= 11 is 2.15. The minimum atomic E-state index is -0.0795. The molecule has 0 spiro atoms. The van der Waals surface area contributed by atoms with Crippen LogP contribution < -0.4 is 5.32 Å². The Kier molecular flexibility index (Phi) is 4.79. The van der Waals surface area contributed by atoms with Gasteiger partial charge in [0.05, 0.1) is 5.56 Å². The monoisotopic (exact) mass is 372 g/mol. The molecule has 4 nitrogen and oxygen atoms in total. The fourth-order valence-corrected chi connectivity index (χ4v) is 2.85. The van der Waals surface area contributed by atoms with Crippen LogP contribution in [-0.4, -0.2) is 35.8 Å². The Labute approximate surface area is 126 Å². The minimum absolute atomic E-state index is 0.0365. The minimum Gasteiger partial charge on any atom is -0.348 e. The van der Waals surface area contributed by atoms with Crippen LogP contribution in [0.3, 0.4) is 0 Å². The number of hydrogen-bond acceptors (Lipinski definition) is 2. The molecule has 1 N–H and O–H groups in total. The van der Waals surface area contributed by atoms with Crippen molar-refractivity contribution >= 4 is 34.4 Å². The number of benzene rings is 1. The third-order valence-corrected chi connectivity index (χ3v) is 4.10. The van der Waals surface area contributed by atoms with Gasteiger partial charge in [-0.2, -0.15) is 0 Å². The van der Waals surface area contributed by atoms with E-state index in [9.17, 15) is 9.59 Å². The molecule has 0 aromatic heterocycles. The Morgan fingerprint density at radius 3 is 2.84 bits per heavy atom. The van der Waals surface area contributed by atoms with Crippen LogP contribution in [0.4, 0.5) is 0 Å². The predicted octanol–water partition coefficient (Wildman–Crippen LogP) is 2.03. The molecule has 0 aliphatic carbocycles. The first kappa shape index (κ1) is 14.3. The Morgan fingerprint density at radius 2 is 2.21 bits per heavy atom. The molecule has 1 heterocycles. The van der Waals surface area contributed by atoms with Crippen LogP contribution >= 0.6 is 22.6 Å². The molecule has 1 aliphatic heterocycles. The molecule has 2 rings (SSSR count). The highest BCUT2D eigenvalue weighted by Crippen LogP contribution is 2.12. The predicted molar refractivity (Wildman–Crippen MR) is 81.9 cm³/mol. The largest absolute Gasteiger partial charge is 0.348 e. The highest BCUT2D eigenvalue weighted by atomic mass is 127. The van der Waals surface area contributed by atoms with Gasteiger partial charge in [-0.3, -0.25) is 9.59 Å². The molecule has 102 valence electrons. The van der Waals surface area contributed by atoms with E-state index in [-0.39, 0.29) is 17.9 Å². The van der Waals surface area contributed by atoms with Crippen LogP contribution in [-0.2, 0) is 4.79 Å². The summed E-state index contributed by atoms with van der Waals surface area (Å²) in [4.78, 5) is 25.5. The molecule has 1 fully saturated rings. The van der Waals surface area contributed by atoms with Crippen LogP contribution in [0.5, 0.6) is 0 Å². The number of carbonyl (C=O) groups excluding carboxylic acids is 2. The van der Waals surface area contributed by atoms with Gasteiger partial charge in [-0.05, 0) is 48.1 Å². The van der Waals surface area contributed by atoms with Crippen molar-refractivity contribution in [2.24, 2.45) is 0 Å². The van der Waals surface area contributed by atoms with Gasteiger partial charge in [-0.15, -0.1) is 0 Å². The molecular weight excluding hydrogens is 355 g/mol. The van der Waals surface area contributed by atoms with E-state index >= 15 is 0 Å². The Balaban J connectivity index is 1.92. The second kappa shape index (κ2) is 6.36. The number of halogens is 1. The van der Waals surface area contributed by atoms with Crippen LogP contribution in [0.1, 0.15) is 30.1 Å². The van der Waals surface area contributed by atoms with Gasteiger partial charge in [0.25, 0.3) is 5.91 Å². The van der Waals surface area contributed by atoms with Gasteiger partial charge in [0.15, 0.2) is 0 Å². The lowest BCUT2D eigenvalue weighted by atomic mass is 10.2. The number of carbonyl (C=O) groups is 2. The quantitative estimate of drug-likeness (QED) is 0.823. The summed E-state index contributed by atoms with van der Waals surface area (Å²) in [6.45, 7) is 3.33. The SMILES string of the molecule is CC(CN1CCCC1=O)NC(=O)c1ccccc1I. The van der Waals surface area contributed by atoms with E-state index in [4.69, 9.17) is 0 Å². The summed E-state index contributed by atoms with van der Waals surface area (Å²) in [7, 11) is 0. The van der Waals surface area contributed by atoms with Crippen molar-refractivity contribution in [2.75, 3.05) is 13.1 Å². The number of rotatable bonds is 4. The van der Waals surface area contributed by atoms with Crippen molar-refractivity contribution in [3.05, 3.63) is 33.4 Å². The van der Waals surface area contributed by atoms with Crippen molar-refractivity contribution in [3.8, 4) is 0 Å². The zero-order valence-corrected chi connectivity index (χ0v) is 13.0. The third kappa shape index (κ3) is 3.68. The van der Waals surface area contributed by atoms with Crippen LogP contribution in [0, 0.1) is 3.57 Å². The molecule has 1 saturated heterocycles. The first-order chi connectivity index (χ1) is 9.08. The lowest BCUT2D eigenvalue weighted by molar-refractivity contribution is -0.127. The maximum absolute atomic E-state index is 12.1. The van der Waals surface area contributed by atoms with E-state index in [2.05, 4.69) is 27.9 Å². The summed E-state index contributed by atoms with van der Waals surface area (Å²) < 4.78 is 0.932. The summed E-state index contributed by atoms with van der Waals surface area (Å²) in [6, 6.07) is 7.44. The summed E-state index contributed by atoms with van der Waals surface area (Å²) in [5.41, 5.74) is 0.683. The van der Waals surface area contributed by atoms with E-state index in [1.807, 2.05) is 36.1 Å². The molecule has 0 radical (unpaired) electrons. The zero-order chi connectivity index (χ0) is 13.8. The van der Waals surface area contributed by atoms with Gasteiger partial charge in [0, 0.05) is 29.1 Å². The van der Waals surface area contributed by atoms with Crippen molar-refractivity contribution in [3.63, 3.8) is 0 Å². The number of hydrogen-bond donors (Lipinski definition) is 1. The molecule has 1 aromatic carbocycles. The lowest BCUT2D eigenvalue weighted by Crippen LogP contribution is -2.42. The average molecular weight is 372 g/mol. The van der Waals surface area contributed by atoms with E-state index in [0.29, 0.717) is 18.5 Å². The Morgan fingerprint density at radius 1 is 1.47 bits per heavy atom. The van der Waals surface area contributed by atoms with Crippen molar-refractivity contribution in [2.45, 2.75) is 25.8 Å². The molecule has 19 heavy (non-hydrogen) atoms. The maximum atomic E-state index is 12.1. The smallest absolute Gasteiger partial charge is 0.252 e. The highest BCUT2D eigenvalue weighted by Gasteiger charge is 2.22. The second-order valence-corrected chi connectivity index (χ2v) is 5.96. The Bertz CT molecular complexity index is 490. The van der Waals surface area contributed by atoms with Gasteiger partial charge >= 0.3 is 0 Å². The fourth-order valence-electron chi connectivity index (χ4n) is 2.22. The Hall–Kier alpha value is -1.11. The van der Waals surface area contributed by atoms with E-state index in [0.717, 1.165) is 16.5 Å². The molecule has 1 aromatic rings. The molecule has 1 atom stereocenters. The molecule has 2 amide bonds. The molecule has 0 bridgehead atoms. The van der Waals surface area contributed by atoms with E-state index in [1.165, 1.54) is 0 Å². The second-order valence-electron chi connectivity index (χ2n) is 4.80. The van der Waals surface area contributed by atoms with Crippen LogP contribution in [0.25, 0.3) is 0 Å². The lowest BCUT2D eigenvalue weighted by Gasteiger charge is -2.21. The number of nitrogens with one attached hydrogen (secondary N) is 1. The topological polar surface area (TPSA) is 49.4 Å². The molecule has 1 aliphatic rings. The van der Waals surface area contributed by atoms with Crippen molar-refractivity contribution in [1.29, 1.82) is 0 Å². The van der Waals surface area contributed by atoms with E-state index in [1.54, 1.807) is 0 Å². The maximum Gasteiger partial charge on any atom is 0.252 e. The van der Waals surface area contributed by atoms with Crippen LogP contribution in [0.15, 0.2) is 24.3 Å². The van der Waals surface area contributed by atoms with Crippen LogP contribution in [0.2, 0.25) is 0 Å². The normalized spacial score (nSPS) is 16.5. The first-order valence-electron chi connectivity index (χ1n) is 6.41. The fraction of sp³-hybridized carbons (Fsp3) is 0.429. The molecular formula is C14H17IN2O2. The summed E-state index contributed by atoms with van der Waals surface area (Å²) in [5.74, 6) is 0.111. The van der Waals surface area contributed by atoms with Gasteiger partial charge in [-0.25, -0.2) is 0 Å². The molecule has 5 heteroatoms. The molecule has 1 unspecified atom stereocenters. The van der Waals surface area contributed by atoms with Gasteiger partial charge in [0.2, 0.25) is 5.91 Å². The number of amides is 2. The summed E-state index contributed by atoms with van der Waals surface area (Å²) in [6.07, 6.45) is 1.56. The average Bonchev–Trinajstić information content (AvgIpc) is 2.75. The number of nitrogens with zero attached hydrogens (tertiary/aromatic N) is 1. The first-order valence-corrected chi connectivity index (χ1v) is 7.49. The van der Waals surface area contributed by atoms with Crippen molar-refractivity contribution < 1.29 is 9.59 Å². The third-order valence-electron chi connectivity index (χ3n) is 3.16. The standard InChI is InChI=1S/C14H17IN2O2/c1-10(9-17-8-4-7-13(17)18)16-14(19)11-5-2-3-6-12(11)15/h2-3,5-6,10H,4,7-9H2,1H3,(H,16,19). The van der Waals surface area contributed by atoms with Gasteiger partial charge < -0.3 is 10.2 Å². The number of likely N-dealkylation sites (tertiary alicyclic amines) is 1. The highest BCUT2D eigenvalue weighted by molar-refractivity contribution is 14.1.